The lowest BCUT2D eigenvalue weighted by Crippen LogP contribution is -2.45. The highest BCUT2D eigenvalue weighted by Crippen LogP contribution is 2.30. The van der Waals surface area contributed by atoms with E-state index in [1.165, 1.54) is 25.3 Å². The van der Waals surface area contributed by atoms with E-state index in [1.54, 1.807) is 13.0 Å². The van der Waals surface area contributed by atoms with Crippen LogP contribution in [-0.2, 0) is 19.6 Å². The predicted octanol–water partition coefficient (Wildman–Crippen LogP) is 2.94. The number of rotatable bonds is 5. The summed E-state index contributed by atoms with van der Waals surface area (Å²) in [5.41, 5.74) is 3.12. The van der Waals surface area contributed by atoms with Gasteiger partial charge in [-0.05, 0) is 68.1 Å². The number of aryl methyl sites for hydroxylation is 2. The summed E-state index contributed by atoms with van der Waals surface area (Å²) in [5, 5.41) is 2.78. The molecule has 0 unspecified atom stereocenters. The van der Waals surface area contributed by atoms with Gasteiger partial charge in [0.25, 0.3) is 10.0 Å². The first-order chi connectivity index (χ1) is 13.7. The molecule has 2 aromatic rings. The lowest BCUT2D eigenvalue weighted by atomic mass is 10.1. The van der Waals surface area contributed by atoms with Crippen molar-refractivity contribution in [2.45, 2.75) is 44.6 Å². The first-order valence-corrected chi connectivity index (χ1v) is 10.7. The summed E-state index contributed by atoms with van der Waals surface area (Å²) in [6.45, 7) is 5.51. The molecule has 2 amide bonds. The monoisotopic (exact) mass is 416 g/mol. The number of methoxy groups -OCH3 is 1. The number of amides is 2. The van der Waals surface area contributed by atoms with Crippen LogP contribution >= 0.6 is 0 Å². The van der Waals surface area contributed by atoms with Crippen LogP contribution in [0.5, 0.6) is 5.75 Å². The molecule has 7 nitrogen and oxygen atoms in total. The van der Waals surface area contributed by atoms with Crippen LogP contribution in [0.4, 0.5) is 5.69 Å². The van der Waals surface area contributed by atoms with E-state index in [2.05, 4.69) is 5.32 Å². The Bertz CT molecular complexity index is 1080. The summed E-state index contributed by atoms with van der Waals surface area (Å²) in [6.07, 6.45) is 0.142. The third kappa shape index (κ3) is 3.85. The van der Waals surface area contributed by atoms with Gasteiger partial charge in [0.15, 0.2) is 0 Å². The van der Waals surface area contributed by atoms with Gasteiger partial charge in [-0.3, -0.25) is 9.59 Å². The quantitative estimate of drug-likeness (QED) is 0.809. The number of anilines is 1. The lowest BCUT2D eigenvalue weighted by molar-refractivity contribution is -0.128. The number of benzene rings is 2. The van der Waals surface area contributed by atoms with Crippen molar-refractivity contribution < 1.29 is 22.7 Å². The van der Waals surface area contributed by atoms with Crippen LogP contribution in [0, 0.1) is 20.8 Å². The van der Waals surface area contributed by atoms with Crippen molar-refractivity contribution in [2.75, 3.05) is 12.4 Å². The maximum absolute atomic E-state index is 13.2. The minimum Gasteiger partial charge on any atom is -0.496 e. The Morgan fingerprint density at radius 1 is 1.14 bits per heavy atom. The zero-order chi connectivity index (χ0) is 21.3. The maximum atomic E-state index is 13.2. The van der Waals surface area contributed by atoms with Crippen molar-refractivity contribution in [3.63, 3.8) is 0 Å². The van der Waals surface area contributed by atoms with Crippen molar-refractivity contribution in [3.8, 4) is 5.75 Å². The molecule has 0 saturated carbocycles. The van der Waals surface area contributed by atoms with Gasteiger partial charge in [0.2, 0.25) is 11.8 Å². The molecule has 154 valence electrons. The number of hydrogen-bond donors (Lipinski definition) is 1. The van der Waals surface area contributed by atoms with Crippen molar-refractivity contribution in [1.82, 2.24) is 4.31 Å². The minimum atomic E-state index is -4.17. The zero-order valence-corrected chi connectivity index (χ0v) is 17.7. The lowest BCUT2D eigenvalue weighted by Gasteiger charge is -2.24. The molecule has 0 aromatic heterocycles. The second-order valence-corrected chi connectivity index (χ2v) is 8.93. The third-order valence-electron chi connectivity index (χ3n) is 5.25. The number of carbonyl (C=O) groups is 2. The molecule has 1 atom stereocenters. The smallest absolute Gasteiger partial charge is 0.267 e. The van der Waals surface area contributed by atoms with Crippen LogP contribution < -0.4 is 10.1 Å². The molecule has 29 heavy (non-hydrogen) atoms. The fraction of sp³-hybridized carbons (Fsp3) is 0.333. The van der Waals surface area contributed by atoms with E-state index in [0.717, 1.165) is 11.1 Å². The molecule has 1 saturated heterocycles. The molecule has 1 heterocycles. The van der Waals surface area contributed by atoms with Gasteiger partial charge in [-0.2, -0.15) is 0 Å². The topological polar surface area (TPSA) is 92.8 Å². The van der Waals surface area contributed by atoms with E-state index in [1.807, 2.05) is 26.0 Å². The Hall–Kier alpha value is -2.87. The Balaban J connectivity index is 1.92. The summed E-state index contributed by atoms with van der Waals surface area (Å²) in [6, 6.07) is 8.76. The van der Waals surface area contributed by atoms with Gasteiger partial charge in [0, 0.05) is 12.1 Å². The Labute approximate surface area is 170 Å². The van der Waals surface area contributed by atoms with Crippen LogP contribution in [0.2, 0.25) is 0 Å². The molecular weight excluding hydrogens is 392 g/mol. The normalized spacial score (nSPS) is 16.8. The van der Waals surface area contributed by atoms with Crippen LogP contribution in [-0.4, -0.2) is 37.7 Å². The summed E-state index contributed by atoms with van der Waals surface area (Å²) in [4.78, 5) is 25.3. The molecule has 1 aliphatic rings. The van der Waals surface area contributed by atoms with Crippen molar-refractivity contribution in [1.29, 1.82) is 0 Å². The Morgan fingerprint density at radius 3 is 2.52 bits per heavy atom. The number of ether oxygens (including phenoxy) is 1. The molecule has 0 radical (unpaired) electrons. The average Bonchev–Trinajstić information content (AvgIpc) is 3.07. The molecule has 1 aliphatic heterocycles. The fourth-order valence-electron chi connectivity index (χ4n) is 3.43. The number of sulfonamides is 1. The molecular formula is C21H24N2O5S. The second kappa shape index (κ2) is 7.87. The first kappa shape index (κ1) is 20.9. The molecule has 0 spiro atoms. The van der Waals surface area contributed by atoms with Crippen molar-refractivity contribution in [2.24, 2.45) is 0 Å². The molecule has 0 bridgehead atoms. The summed E-state index contributed by atoms with van der Waals surface area (Å²) in [7, 11) is -2.68. The van der Waals surface area contributed by atoms with E-state index in [9.17, 15) is 18.0 Å². The predicted molar refractivity (Wildman–Crippen MR) is 109 cm³/mol. The average molecular weight is 416 g/mol. The zero-order valence-electron chi connectivity index (χ0n) is 16.9. The van der Waals surface area contributed by atoms with E-state index >= 15 is 0 Å². The highest BCUT2D eigenvalue weighted by atomic mass is 32.2. The summed E-state index contributed by atoms with van der Waals surface area (Å²) in [5.74, 6) is -0.557. The number of nitrogens with zero attached hydrogens (tertiary/aromatic N) is 1. The van der Waals surface area contributed by atoms with E-state index in [4.69, 9.17) is 4.74 Å². The van der Waals surface area contributed by atoms with E-state index in [-0.39, 0.29) is 17.7 Å². The van der Waals surface area contributed by atoms with Gasteiger partial charge in [0.1, 0.15) is 11.8 Å². The van der Waals surface area contributed by atoms with Crippen LogP contribution in [0.1, 0.15) is 29.5 Å². The molecule has 2 aromatic carbocycles. The van der Waals surface area contributed by atoms with Crippen molar-refractivity contribution >= 4 is 27.5 Å². The van der Waals surface area contributed by atoms with Gasteiger partial charge >= 0.3 is 0 Å². The fourth-order valence-corrected chi connectivity index (χ4v) is 5.12. The Morgan fingerprint density at radius 2 is 1.86 bits per heavy atom. The van der Waals surface area contributed by atoms with Gasteiger partial charge < -0.3 is 10.1 Å². The number of carbonyl (C=O) groups excluding carboxylic acids is 2. The molecule has 8 heteroatoms. The Kier molecular flexibility index (Phi) is 5.66. The minimum absolute atomic E-state index is 0.000741. The van der Waals surface area contributed by atoms with Gasteiger partial charge in [-0.1, -0.05) is 12.1 Å². The maximum Gasteiger partial charge on any atom is 0.267 e. The number of hydrogen-bond acceptors (Lipinski definition) is 5. The number of nitrogens with one attached hydrogen (secondary N) is 1. The van der Waals surface area contributed by atoms with Crippen LogP contribution in [0.15, 0.2) is 41.3 Å². The van der Waals surface area contributed by atoms with E-state index < -0.39 is 27.9 Å². The SMILES string of the molecule is COc1ccc(S(=O)(=O)N2C(=O)CC[C@H]2C(=O)Nc2cccc(C)c2C)cc1C. The molecule has 1 fully saturated rings. The summed E-state index contributed by atoms with van der Waals surface area (Å²) < 4.78 is 32.2. The first-order valence-electron chi connectivity index (χ1n) is 9.25. The van der Waals surface area contributed by atoms with Gasteiger partial charge in [0.05, 0.1) is 12.0 Å². The van der Waals surface area contributed by atoms with E-state index in [0.29, 0.717) is 21.3 Å². The largest absolute Gasteiger partial charge is 0.496 e. The van der Waals surface area contributed by atoms with Gasteiger partial charge in [-0.25, -0.2) is 12.7 Å². The molecule has 3 rings (SSSR count). The highest BCUT2D eigenvalue weighted by molar-refractivity contribution is 7.89. The summed E-state index contributed by atoms with van der Waals surface area (Å²) >= 11 is 0. The third-order valence-corrected chi connectivity index (χ3v) is 7.07. The van der Waals surface area contributed by atoms with Crippen LogP contribution in [0.3, 0.4) is 0 Å². The van der Waals surface area contributed by atoms with Crippen molar-refractivity contribution in [3.05, 3.63) is 53.1 Å². The molecule has 1 N–H and O–H groups in total. The van der Waals surface area contributed by atoms with Crippen LogP contribution in [0.25, 0.3) is 0 Å². The second-order valence-electron chi connectivity index (χ2n) is 7.12. The highest BCUT2D eigenvalue weighted by Gasteiger charge is 2.44. The standard InChI is InChI=1S/C21H24N2O5S/c1-13-6-5-7-17(15(13)3)22-21(25)18-9-11-20(24)23(18)29(26,27)16-8-10-19(28-4)14(2)12-16/h5-8,10,12,18H,9,11H2,1-4H3,(H,22,25)/t18-/m0/s1. The van der Waals surface area contributed by atoms with Gasteiger partial charge in [-0.15, -0.1) is 0 Å². The molecule has 0 aliphatic carbocycles.